The lowest BCUT2D eigenvalue weighted by Crippen LogP contribution is -2.35. The molecule has 0 amide bonds. The van der Waals surface area contributed by atoms with Gasteiger partial charge < -0.3 is 10.6 Å². The summed E-state index contributed by atoms with van der Waals surface area (Å²) in [6.45, 7) is 0. The van der Waals surface area contributed by atoms with Crippen LogP contribution in [0.4, 0.5) is 5.13 Å². The summed E-state index contributed by atoms with van der Waals surface area (Å²) in [4.78, 5) is 4.19. The summed E-state index contributed by atoms with van der Waals surface area (Å²) >= 11 is 6.63. The molecule has 1 aromatic heterocycles. The van der Waals surface area contributed by atoms with Crippen molar-refractivity contribution in [3.8, 4) is 0 Å². The van der Waals surface area contributed by atoms with E-state index in [0.717, 1.165) is 0 Å². The number of hydrogen-bond donors (Lipinski definition) is 2. The highest BCUT2D eigenvalue weighted by molar-refractivity contribution is 7.90. The van der Waals surface area contributed by atoms with Gasteiger partial charge in [-0.1, -0.05) is 48.5 Å². The lowest BCUT2D eigenvalue weighted by molar-refractivity contribution is 0.598. The van der Waals surface area contributed by atoms with Gasteiger partial charge in [-0.3, -0.25) is 0 Å². The summed E-state index contributed by atoms with van der Waals surface area (Å²) in [5, 5.41) is 8.36. The first kappa shape index (κ1) is 18.2. The van der Waals surface area contributed by atoms with E-state index in [0.29, 0.717) is 10.7 Å². The molecule has 0 saturated heterocycles. The highest BCUT2D eigenvalue weighted by Crippen LogP contribution is 2.14. The number of nitrogens with zero attached hydrogens (tertiary/aromatic N) is 2. The van der Waals surface area contributed by atoms with Crippen LogP contribution in [0.25, 0.3) is 0 Å². The third kappa shape index (κ3) is 4.72. The molecule has 0 unspecified atom stereocenters. The van der Waals surface area contributed by atoms with Crippen molar-refractivity contribution in [3.63, 3.8) is 0 Å². The van der Waals surface area contributed by atoms with E-state index < -0.39 is 10.0 Å². The van der Waals surface area contributed by atoms with E-state index in [2.05, 4.69) is 20.0 Å². The Labute approximate surface area is 160 Å². The second kappa shape index (κ2) is 8.17. The number of benzene rings is 2. The Morgan fingerprint density at radius 3 is 2.31 bits per heavy atom. The zero-order chi connectivity index (χ0) is 18.4. The molecule has 0 aliphatic heterocycles. The van der Waals surface area contributed by atoms with E-state index in [4.69, 9.17) is 12.2 Å². The number of amidine groups is 1. The Morgan fingerprint density at radius 2 is 1.69 bits per heavy atom. The number of aromatic nitrogens is 1. The summed E-state index contributed by atoms with van der Waals surface area (Å²) in [6.07, 6.45) is 1.64. The lowest BCUT2D eigenvalue weighted by Gasteiger charge is -2.11. The molecular formula is C17H14N4O2S3. The van der Waals surface area contributed by atoms with E-state index >= 15 is 0 Å². The first-order chi connectivity index (χ1) is 12.5. The Morgan fingerprint density at radius 1 is 1.04 bits per heavy atom. The molecule has 26 heavy (non-hydrogen) atoms. The van der Waals surface area contributed by atoms with Crippen molar-refractivity contribution in [2.45, 2.75) is 4.90 Å². The van der Waals surface area contributed by atoms with Crippen molar-refractivity contribution in [3.05, 3.63) is 77.8 Å². The normalized spacial score (nSPS) is 11.8. The van der Waals surface area contributed by atoms with Crippen LogP contribution >= 0.6 is 23.6 Å². The van der Waals surface area contributed by atoms with Crippen LogP contribution in [0.15, 0.2) is 81.5 Å². The van der Waals surface area contributed by atoms with Gasteiger partial charge in [0.05, 0.1) is 4.90 Å². The molecule has 0 spiro atoms. The fraction of sp³-hybridized carbons (Fsp3) is 0. The van der Waals surface area contributed by atoms with Gasteiger partial charge in [-0.2, -0.15) is 8.42 Å². The van der Waals surface area contributed by atoms with Gasteiger partial charge in [-0.05, 0) is 24.4 Å². The van der Waals surface area contributed by atoms with Crippen LogP contribution in [-0.2, 0) is 10.0 Å². The second-order valence-electron chi connectivity index (χ2n) is 5.01. The van der Waals surface area contributed by atoms with Crippen LogP contribution in [-0.4, -0.2) is 24.3 Å². The zero-order valence-electron chi connectivity index (χ0n) is 13.4. The third-order valence-electron chi connectivity index (χ3n) is 3.18. The van der Waals surface area contributed by atoms with Crippen LogP contribution in [0.3, 0.4) is 0 Å². The van der Waals surface area contributed by atoms with Crippen molar-refractivity contribution < 1.29 is 8.42 Å². The van der Waals surface area contributed by atoms with Crippen molar-refractivity contribution in [1.29, 1.82) is 0 Å². The Balaban J connectivity index is 1.92. The molecule has 1 heterocycles. The van der Waals surface area contributed by atoms with Crippen LogP contribution < -0.4 is 10.6 Å². The smallest absolute Gasteiger partial charge is 0.284 e. The monoisotopic (exact) mass is 402 g/mol. The average molecular weight is 403 g/mol. The molecule has 0 saturated carbocycles. The second-order valence-corrected chi connectivity index (χ2v) is 7.92. The molecule has 2 aromatic carbocycles. The predicted octanol–water partition coefficient (Wildman–Crippen LogP) is 3.27. The SMILES string of the molecule is O=S(=O)(N=C(NC(=S)Nc1nccs1)c1ccccc1)c1ccccc1. The number of thiocarbonyl (C=S) groups is 1. The number of sulfonamides is 1. The van der Waals surface area contributed by atoms with E-state index in [1.54, 1.807) is 54.0 Å². The summed E-state index contributed by atoms with van der Waals surface area (Å²) in [7, 11) is -3.89. The molecule has 0 aliphatic rings. The number of hydrogen-bond acceptors (Lipinski definition) is 5. The number of anilines is 1. The van der Waals surface area contributed by atoms with Gasteiger partial charge >= 0.3 is 0 Å². The summed E-state index contributed by atoms with van der Waals surface area (Å²) < 4.78 is 29.2. The molecule has 0 aliphatic carbocycles. The molecule has 3 rings (SSSR count). The first-order valence-electron chi connectivity index (χ1n) is 7.47. The number of nitrogens with one attached hydrogen (secondary N) is 2. The topological polar surface area (TPSA) is 83.5 Å². The van der Waals surface area contributed by atoms with Crippen LogP contribution in [0.5, 0.6) is 0 Å². The minimum atomic E-state index is -3.89. The van der Waals surface area contributed by atoms with E-state index in [9.17, 15) is 8.42 Å². The molecule has 6 nitrogen and oxygen atoms in total. The van der Waals surface area contributed by atoms with E-state index in [-0.39, 0.29) is 15.8 Å². The summed E-state index contributed by atoms with van der Waals surface area (Å²) in [5.74, 6) is 0.128. The van der Waals surface area contributed by atoms with Crippen molar-refractivity contribution in [2.24, 2.45) is 4.40 Å². The summed E-state index contributed by atoms with van der Waals surface area (Å²) in [6, 6.07) is 16.9. The lowest BCUT2D eigenvalue weighted by atomic mass is 10.2. The van der Waals surface area contributed by atoms with Crippen molar-refractivity contribution >= 4 is 49.7 Å². The maximum Gasteiger partial charge on any atom is 0.284 e. The first-order valence-corrected chi connectivity index (χ1v) is 10.2. The molecule has 132 valence electrons. The van der Waals surface area contributed by atoms with Gasteiger partial charge in [-0.25, -0.2) is 4.98 Å². The molecular weight excluding hydrogens is 388 g/mol. The van der Waals surface area contributed by atoms with E-state index in [1.807, 2.05) is 6.07 Å². The predicted molar refractivity (Wildman–Crippen MR) is 108 cm³/mol. The Hall–Kier alpha value is -2.62. The van der Waals surface area contributed by atoms with E-state index in [1.165, 1.54) is 23.5 Å². The summed E-state index contributed by atoms with van der Waals surface area (Å²) in [5.41, 5.74) is 0.593. The van der Waals surface area contributed by atoms with Crippen molar-refractivity contribution in [2.75, 3.05) is 5.32 Å². The van der Waals surface area contributed by atoms with Gasteiger partial charge in [0, 0.05) is 17.1 Å². The van der Waals surface area contributed by atoms with Crippen LogP contribution in [0.2, 0.25) is 0 Å². The largest absolute Gasteiger partial charge is 0.316 e. The van der Waals surface area contributed by atoms with Gasteiger partial charge in [0.1, 0.15) is 0 Å². The van der Waals surface area contributed by atoms with Gasteiger partial charge in [-0.15, -0.1) is 15.7 Å². The zero-order valence-corrected chi connectivity index (χ0v) is 15.8. The maximum absolute atomic E-state index is 12.6. The average Bonchev–Trinajstić information content (AvgIpc) is 3.15. The highest BCUT2D eigenvalue weighted by atomic mass is 32.2. The standard InChI is InChI=1S/C17H14N4O2S3/c22-26(23,14-9-5-2-6-10-14)21-15(13-7-3-1-4-8-13)19-16(24)20-17-18-11-12-25-17/h1-12H,(H2,18,19,20,21,24). The molecule has 2 N–H and O–H groups in total. The maximum atomic E-state index is 12.6. The quantitative estimate of drug-likeness (QED) is 0.396. The van der Waals surface area contributed by atoms with Gasteiger partial charge in [0.25, 0.3) is 10.0 Å². The number of thiazole rings is 1. The molecule has 0 fully saturated rings. The third-order valence-corrected chi connectivity index (χ3v) is 5.37. The molecule has 9 heteroatoms. The Kier molecular flexibility index (Phi) is 5.71. The minimum absolute atomic E-state index is 0.106. The van der Waals surface area contributed by atoms with Gasteiger partial charge in [0.2, 0.25) is 0 Å². The molecule has 0 radical (unpaired) electrons. The van der Waals surface area contributed by atoms with Gasteiger partial charge in [0.15, 0.2) is 16.1 Å². The molecule has 0 bridgehead atoms. The van der Waals surface area contributed by atoms with Crippen LogP contribution in [0.1, 0.15) is 5.56 Å². The highest BCUT2D eigenvalue weighted by Gasteiger charge is 2.16. The minimum Gasteiger partial charge on any atom is -0.316 e. The molecule has 0 atom stereocenters. The number of rotatable bonds is 4. The van der Waals surface area contributed by atoms with Crippen LogP contribution in [0, 0.1) is 0 Å². The van der Waals surface area contributed by atoms with Crippen molar-refractivity contribution in [1.82, 2.24) is 10.3 Å². The Bertz CT molecular complexity index is 1000. The fourth-order valence-corrected chi connectivity index (χ4v) is 3.82. The fourth-order valence-electron chi connectivity index (χ4n) is 2.03. The molecule has 3 aromatic rings.